The maximum absolute atomic E-state index is 11.1. The minimum atomic E-state index is 0.164. The van der Waals surface area contributed by atoms with Gasteiger partial charge in [-0.1, -0.05) is 6.92 Å². The molecule has 1 rings (SSSR count). The molecule has 3 nitrogen and oxygen atoms in total. The van der Waals surface area contributed by atoms with Crippen LogP contribution in [0.4, 0.5) is 0 Å². The number of carbonyl (C=O) groups excluding carboxylic acids is 1. The SMILES string of the molecule is CC(=O)N1CCC(C)CC1CN. The van der Waals surface area contributed by atoms with Gasteiger partial charge in [-0.2, -0.15) is 0 Å². The molecule has 1 heterocycles. The van der Waals surface area contributed by atoms with Crippen LogP contribution in [0.3, 0.4) is 0 Å². The molecule has 3 heteroatoms. The van der Waals surface area contributed by atoms with Crippen LogP contribution in [0, 0.1) is 5.92 Å². The second-order valence-corrected chi connectivity index (χ2v) is 3.73. The van der Waals surface area contributed by atoms with E-state index in [-0.39, 0.29) is 11.9 Å². The molecule has 0 bridgehead atoms. The van der Waals surface area contributed by atoms with Crippen molar-refractivity contribution in [2.24, 2.45) is 11.7 Å². The van der Waals surface area contributed by atoms with Crippen molar-refractivity contribution in [3.63, 3.8) is 0 Å². The highest BCUT2D eigenvalue weighted by molar-refractivity contribution is 5.73. The molecule has 12 heavy (non-hydrogen) atoms. The third kappa shape index (κ3) is 1.97. The van der Waals surface area contributed by atoms with Gasteiger partial charge >= 0.3 is 0 Å². The summed E-state index contributed by atoms with van der Waals surface area (Å²) in [6.45, 7) is 5.33. The summed E-state index contributed by atoms with van der Waals surface area (Å²) >= 11 is 0. The van der Waals surface area contributed by atoms with E-state index in [0.717, 1.165) is 19.4 Å². The molecule has 0 aliphatic carbocycles. The molecular formula is C9H18N2O. The summed E-state index contributed by atoms with van der Waals surface area (Å²) in [7, 11) is 0. The molecule has 1 aliphatic heterocycles. The van der Waals surface area contributed by atoms with Gasteiger partial charge in [-0.3, -0.25) is 4.79 Å². The topological polar surface area (TPSA) is 46.3 Å². The minimum Gasteiger partial charge on any atom is -0.339 e. The number of carbonyl (C=O) groups is 1. The van der Waals surface area contributed by atoms with Gasteiger partial charge in [0.1, 0.15) is 0 Å². The van der Waals surface area contributed by atoms with Crippen LogP contribution >= 0.6 is 0 Å². The van der Waals surface area contributed by atoms with Crippen molar-refractivity contribution in [2.45, 2.75) is 32.7 Å². The van der Waals surface area contributed by atoms with E-state index in [2.05, 4.69) is 6.92 Å². The minimum absolute atomic E-state index is 0.164. The molecule has 2 unspecified atom stereocenters. The van der Waals surface area contributed by atoms with Crippen molar-refractivity contribution in [3.05, 3.63) is 0 Å². The highest BCUT2D eigenvalue weighted by Crippen LogP contribution is 2.21. The number of amides is 1. The first-order valence-electron chi connectivity index (χ1n) is 4.62. The van der Waals surface area contributed by atoms with E-state index in [9.17, 15) is 4.79 Å². The molecule has 1 aliphatic rings. The maximum atomic E-state index is 11.1. The number of likely N-dealkylation sites (tertiary alicyclic amines) is 1. The molecule has 0 aromatic rings. The highest BCUT2D eigenvalue weighted by Gasteiger charge is 2.26. The Morgan fingerprint density at radius 2 is 2.33 bits per heavy atom. The van der Waals surface area contributed by atoms with Crippen molar-refractivity contribution in [2.75, 3.05) is 13.1 Å². The van der Waals surface area contributed by atoms with Crippen LogP contribution < -0.4 is 5.73 Å². The quantitative estimate of drug-likeness (QED) is 0.626. The smallest absolute Gasteiger partial charge is 0.219 e. The van der Waals surface area contributed by atoms with E-state index in [4.69, 9.17) is 5.73 Å². The van der Waals surface area contributed by atoms with E-state index >= 15 is 0 Å². The zero-order valence-electron chi connectivity index (χ0n) is 7.92. The maximum Gasteiger partial charge on any atom is 0.219 e. The predicted molar refractivity (Wildman–Crippen MR) is 48.6 cm³/mol. The number of nitrogens with two attached hydrogens (primary N) is 1. The monoisotopic (exact) mass is 170 g/mol. The average Bonchev–Trinajstić information content (AvgIpc) is 2.03. The number of hydrogen-bond acceptors (Lipinski definition) is 2. The van der Waals surface area contributed by atoms with Gasteiger partial charge in [-0.15, -0.1) is 0 Å². The fraction of sp³-hybridized carbons (Fsp3) is 0.889. The highest BCUT2D eigenvalue weighted by atomic mass is 16.2. The van der Waals surface area contributed by atoms with Crippen molar-refractivity contribution >= 4 is 5.91 Å². The third-order valence-electron chi connectivity index (χ3n) is 2.65. The summed E-state index contributed by atoms with van der Waals surface area (Å²) in [6.07, 6.45) is 2.19. The van der Waals surface area contributed by atoms with E-state index in [1.165, 1.54) is 0 Å². The fourth-order valence-electron chi connectivity index (χ4n) is 1.89. The lowest BCUT2D eigenvalue weighted by atomic mass is 9.92. The first-order chi connectivity index (χ1) is 5.65. The second kappa shape index (κ2) is 3.90. The zero-order chi connectivity index (χ0) is 9.14. The van der Waals surface area contributed by atoms with Crippen molar-refractivity contribution in [1.29, 1.82) is 0 Å². The molecule has 1 saturated heterocycles. The molecule has 0 aromatic heterocycles. The third-order valence-corrected chi connectivity index (χ3v) is 2.65. The van der Waals surface area contributed by atoms with Crippen LogP contribution in [-0.2, 0) is 4.79 Å². The van der Waals surface area contributed by atoms with Crippen molar-refractivity contribution in [1.82, 2.24) is 4.90 Å². The van der Waals surface area contributed by atoms with Gasteiger partial charge in [0, 0.05) is 26.1 Å². The lowest BCUT2D eigenvalue weighted by Gasteiger charge is -2.37. The Kier molecular flexibility index (Phi) is 3.09. The summed E-state index contributed by atoms with van der Waals surface area (Å²) in [6, 6.07) is 0.284. The normalized spacial score (nSPS) is 30.4. The van der Waals surface area contributed by atoms with Crippen LogP contribution in [0.15, 0.2) is 0 Å². The molecule has 0 aromatic carbocycles. The van der Waals surface area contributed by atoms with Gasteiger partial charge in [-0.05, 0) is 18.8 Å². The van der Waals surface area contributed by atoms with Crippen LogP contribution in [0.2, 0.25) is 0 Å². The lowest BCUT2D eigenvalue weighted by Crippen LogP contribution is -2.48. The Bertz CT molecular complexity index is 170. The van der Waals surface area contributed by atoms with Gasteiger partial charge in [0.05, 0.1) is 0 Å². The number of hydrogen-bond donors (Lipinski definition) is 1. The molecule has 0 radical (unpaired) electrons. The van der Waals surface area contributed by atoms with Gasteiger partial charge in [-0.25, -0.2) is 0 Å². The Labute approximate surface area is 73.9 Å². The van der Waals surface area contributed by atoms with Crippen LogP contribution in [0.5, 0.6) is 0 Å². The van der Waals surface area contributed by atoms with Crippen LogP contribution in [-0.4, -0.2) is 29.9 Å². The van der Waals surface area contributed by atoms with E-state index in [0.29, 0.717) is 12.5 Å². The van der Waals surface area contributed by atoms with Gasteiger partial charge in [0.25, 0.3) is 0 Å². The van der Waals surface area contributed by atoms with Gasteiger partial charge < -0.3 is 10.6 Å². The molecule has 70 valence electrons. The number of nitrogens with zero attached hydrogens (tertiary/aromatic N) is 1. The summed E-state index contributed by atoms with van der Waals surface area (Å²) in [4.78, 5) is 13.0. The Morgan fingerprint density at radius 3 is 2.83 bits per heavy atom. The van der Waals surface area contributed by atoms with E-state index in [1.54, 1.807) is 6.92 Å². The van der Waals surface area contributed by atoms with E-state index in [1.807, 2.05) is 4.90 Å². The van der Waals surface area contributed by atoms with Crippen LogP contribution in [0.1, 0.15) is 26.7 Å². The molecule has 0 saturated carbocycles. The Hall–Kier alpha value is -0.570. The largest absolute Gasteiger partial charge is 0.339 e. The molecule has 0 spiro atoms. The average molecular weight is 170 g/mol. The molecule has 1 fully saturated rings. The van der Waals surface area contributed by atoms with Gasteiger partial charge in [0.15, 0.2) is 0 Å². The van der Waals surface area contributed by atoms with Crippen molar-refractivity contribution < 1.29 is 4.79 Å². The second-order valence-electron chi connectivity index (χ2n) is 3.73. The van der Waals surface area contributed by atoms with E-state index < -0.39 is 0 Å². The molecule has 2 N–H and O–H groups in total. The predicted octanol–water partition coefficient (Wildman–Crippen LogP) is 0.592. The zero-order valence-corrected chi connectivity index (χ0v) is 7.92. The number of rotatable bonds is 1. The van der Waals surface area contributed by atoms with Crippen LogP contribution in [0.25, 0.3) is 0 Å². The summed E-state index contributed by atoms with van der Waals surface area (Å²) < 4.78 is 0. The molecule has 2 atom stereocenters. The summed E-state index contributed by atoms with van der Waals surface area (Å²) in [5.74, 6) is 0.881. The lowest BCUT2D eigenvalue weighted by molar-refractivity contribution is -0.132. The standard InChI is InChI=1S/C9H18N2O/c1-7-3-4-11(8(2)12)9(5-7)6-10/h7,9H,3-6,10H2,1-2H3. The first-order valence-corrected chi connectivity index (χ1v) is 4.62. The molecule has 1 amide bonds. The first kappa shape index (κ1) is 9.52. The molecular weight excluding hydrogens is 152 g/mol. The summed E-state index contributed by atoms with van der Waals surface area (Å²) in [5.41, 5.74) is 5.60. The summed E-state index contributed by atoms with van der Waals surface area (Å²) in [5, 5.41) is 0. The Morgan fingerprint density at radius 1 is 1.67 bits per heavy atom. The Balaban J connectivity index is 2.56. The van der Waals surface area contributed by atoms with Gasteiger partial charge in [0.2, 0.25) is 5.91 Å². The number of piperidine rings is 1. The van der Waals surface area contributed by atoms with Crippen molar-refractivity contribution in [3.8, 4) is 0 Å². The fourth-order valence-corrected chi connectivity index (χ4v) is 1.89.